The number of amides is 4. The van der Waals surface area contributed by atoms with Crippen LogP contribution in [0.5, 0.6) is 0 Å². The number of urea groups is 1. The number of benzene rings is 1. The number of likely N-dealkylation sites (N-methyl/N-ethyl adjacent to an activating group) is 1. The van der Waals surface area contributed by atoms with Gasteiger partial charge >= 0.3 is 6.03 Å². The number of halogens is 2. The molecule has 0 radical (unpaired) electrons. The van der Waals surface area contributed by atoms with Gasteiger partial charge in [0, 0.05) is 49.0 Å². The Labute approximate surface area is 219 Å². The number of anilines is 1. The number of hydrogen-bond donors (Lipinski definition) is 1. The van der Waals surface area contributed by atoms with Crippen LogP contribution in [0.15, 0.2) is 53.9 Å². The van der Waals surface area contributed by atoms with Crippen molar-refractivity contribution in [2.24, 2.45) is 0 Å². The molecule has 36 heavy (non-hydrogen) atoms. The van der Waals surface area contributed by atoms with Crippen molar-refractivity contribution in [3.05, 3.63) is 69.5 Å². The molecule has 3 aliphatic rings. The van der Waals surface area contributed by atoms with Gasteiger partial charge in [-0.3, -0.25) is 14.5 Å². The normalized spacial score (nSPS) is 20.1. The SMILES string of the molecule is CCN1C(=O)NC(c2ccc(Cl)cc2Cl)C2=C1CN(CC(=O)N1CCN(c3ccccn3)CC1)C2=O. The lowest BCUT2D eigenvalue weighted by Gasteiger charge is -2.36. The van der Waals surface area contributed by atoms with E-state index in [4.69, 9.17) is 23.2 Å². The zero-order chi connectivity index (χ0) is 25.4. The van der Waals surface area contributed by atoms with Gasteiger partial charge in [0.25, 0.3) is 5.91 Å². The highest BCUT2D eigenvalue weighted by Gasteiger charge is 2.44. The second-order valence-electron chi connectivity index (χ2n) is 8.87. The maximum absolute atomic E-state index is 13.6. The fourth-order valence-electron chi connectivity index (χ4n) is 4.97. The molecule has 1 fully saturated rings. The molecule has 9 nitrogen and oxygen atoms in total. The van der Waals surface area contributed by atoms with Crippen molar-refractivity contribution in [2.75, 3.05) is 50.7 Å². The van der Waals surface area contributed by atoms with Crippen LogP contribution in [0.3, 0.4) is 0 Å². The predicted octanol–water partition coefficient (Wildman–Crippen LogP) is 2.92. The van der Waals surface area contributed by atoms with E-state index in [1.165, 1.54) is 4.90 Å². The predicted molar refractivity (Wildman–Crippen MR) is 137 cm³/mol. The summed E-state index contributed by atoms with van der Waals surface area (Å²) in [5.41, 5.74) is 1.63. The van der Waals surface area contributed by atoms with Gasteiger partial charge in [0.15, 0.2) is 0 Å². The summed E-state index contributed by atoms with van der Waals surface area (Å²) in [6.45, 7) is 4.83. The average Bonchev–Trinajstić information content (AvgIpc) is 3.20. The Hall–Kier alpha value is -3.30. The number of hydrogen-bond acceptors (Lipinski definition) is 5. The Kier molecular flexibility index (Phi) is 6.77. The molecule has 1 aromatic carbocycles. The van der Waals surface area contributed by atoms with Crippen LogP contribution in [0.25, 0.3) is 0 Å². The van der Waals surface area contributed by atoms with Crippen molar-refractivity contribution in [1.29, 1.82) is 0 Å². The minimum Gasteiger partial charge on any atom is -0.353 e. The first-order valence-electron chi connectivity index (χ1n) is 11.9. The van der Waals surface area contributed by atoms with Crippen LogP contribution in [-0.4, -0.2) is 83.3 Å². The molecule has 2 aromatic rings. The minimum atomic E-state index is -0.713. The van der Waals surface area contributed by atoms with Crippen LogP contribution >= 0.6 is 23.2 Å². The molecule has 0 bridgehead atoms. The summed E-state index contributed by atoms with van der Waals surface area (Å²) in [5.74, 6) is 0.493. The lowest BCUT2D eigenvalue weighted by atomic mass is 9.95. The number of nitrogens with zero attached hydrogens (tertiary/aromatic N) is 5. The van der Waals surface area contributed by atoms with Gasteiger partial charge in [-0.1, -0.05) is 35.3 Å². The summed E-state index contributed by atoms with van der Waals surface area (Å²) in [7, 11) is 0. The van der Waals surface area contributed by atoms with Crippen LogP contribution in [0, 0.1) is 0 Å². The molecule has 0 saturated carbocycles. The number of piperazine rings is 1. The summed E-state index contributed by atoms with van der Waals surface area (Å²) in [6.07, 6.45) is 1.75. The third-order valence-electron chi connectivity index (χ3n) is 6.82. The molecule has 1 N–H and O–H groups in total. The molecule has 4 heterocycles. The van der Waals surface area contributed by atoms with Gasteiger partial charge in [-0.15, -0.1) is 0 Å². The van der Waals surface area contributed by atoms with Gasteiger partial charge in [0.05, 0.1) is 23.9 Å². The summed E-state index contributed by atoms with van der Waals surface area (Å²) in [5, 5.41) is 3.72. The summed E-state index contributed by atoms with van der Waals surface area (Å²) >= 11 is 12.5. The number of carbonyl (C=O) groups is 3. The van der Waals surface area contributed by atoms with Crippen LogP contribution in [0.4, 0.5) is 10.6 Å². The van der Waals surface area contributed by atoms with Crippen molar-refractivity contribution >= 4 is 46.9 Å². The maximum atomic E-state index is 13.6. The Balaban J connectivity index is 1.31. The van der Waals surface area contributed by atoms with Crippen molar-refractivity contribution in [3.8, 4) is 0 Å². The molecule has 4 amide bonds. The molecule has 5 rings (SSSR count). The number of rotatable bonds is 5. The Morgan fingerprint density at radius 2 is 1.89 bits per heavy atom. The van der Waals surface area contributed by atoms with Crippen molar-refractivity contribution < 1.29 is 14.4 Å². The Morgan fingerprint density at radius 1 is 1.11 bits per heavy atom. The molecule has 11 heteroatoms. The highest BCUT2D eigenvalue weighted by Crippen LogP contribution is 2.39. The third kappa shape index (κ3) is 4.49. The maximum Gasteiger partial charge on any atom is 0.322 e. The molecule has 1 atom stereocenters. The summed E-state index contributed by atoms with van der Waals surface area (Å²) in [6, 6.07) is 9.72. The van der Waals surface area contributed by atoms with Gasteiger partial charge in [-0.2, -0.15) is 0 Å². The molecule has 1 unspecified atom stereocenters. The molecule has 1 aromatic heterocycles. The molecular formula is C25H26Cl2N6O3. The van der Waals surface area contributed by atoms with E-state index < -0.39 is 6.04 Å². The van der Waals surface area contributed by atoms with Gasteiger partial charge in [-0.25, -0.2) is 9.78 Å². The monoisotopic (exact) mass is 528 g/mol. The fourth-order valence-corrected chi connectivity index (χ4v) is 5.49. The zero-order valence-corrected chi connectivity index (χ0v) is 21.3. The molecular weight excluding hydrogens is 503 g/mol. The van der Waals surface area contributed by atoms with Gasteiger partial charge in [0.2, 0.25) is 5.91 Å². The van der Waals surface area contributed by atoms with Crippen LogP contribution in [0.2, 0.25) is 10.0 Å². The van der Waals surface area contributed by atoms with Crippen molar-refractivity contribution in [3.63, 3.8) is 0 Å². The van der Waals surface area contributed by atoms with E-state index in [2.05, 4.69) is 15.2 Å². The first kappa shape index (κ1) is 24.4. The molecule has 0 spiro atoms. The minimum absolute atomic E-state index is 0.0533. The smallest absolute Gasteiger partial charge is 0.322 e. The van der Waals surface area contributed by atoms with Crippen molar-refractivity contribution in [2.45, 2.75) is 13.0 Å². The first-order chi connectivity index (χ1) is 17.4. The Morgan fingerprint density at radius 3 is 2.56 bits per heavy atom. The lowest BCUT2D eigenvalue weighted by molar-refractivity contribution is -0.137. The third-order valence-corrected chi connectivity index (χ3v) is 7.38. The number of carbonyl (C=O) groups excluding carboxylic acids is 3. The highest BCUT2D eigenvalue weighted by atomic mass is 35.5. The van der Waals surface area contributed by atoms with Gasteiger partial charge in [0.1, 0.15) is 12.4 Å². The topological polar surface area (TPSA) is 89.1 Å². The fraction of sp³-hybridized carbons (Fsp3) is 0.360. The number of pyridine rings is 1. The lowest BCUT2D eigenvalue weighted by Crippen LogP contribution is -2.51. The zero-order valence-electron chi connectivity index (χ0n) is 19.8. The van der Waals surface area contributed by atoms with E-state index in [1.807, 2.05) is 25.1 Å². The number of nitrogens with one attached hydrogen (secondary N) is 1. The number of aromatic nitrogens is 1. The summed E-state index contributed by atoms with van der Waals surface area (Å²) < 4.78 is 0. The van der Waals surface area contributed by atoms with Crippen molar-refractivity contribution in [1.82, 2.24) is 25.0 Å². The van der Waals surface area contributed by atoms with Gasteiger partial charge < -0.3 is 20.0 Å². The highest BCUT2D eigenvalue weighted by molar-refractivity contribution is 6.35. The average molecular weight is 529 g/mol. The standard InChI is InChI=1S/C25H26Cl2N6O3/c1-2-33-19-14-32(15-21(34)31-11-9-30(10-12-31)20-5-3-4-8-28-20)24(35)22(19)23(29-25(33)36)17-7-6-16(26)13-18(17)27/h3-8,13,23H,2,9-12,14-15H2,1H3,(H,29,36). The van der Waals surface area contributed by atoms with E-state index in [9.17, 15) is 14.4 Å². The van der Waals surface area contributed by atoms with Crippen LogP contribution < -0.4 is 10.2 Å². The van der Waals surface area contributed by atoms with E-state index in [-0.39, 0.29) is 30.9 Å². The summed E-state index contributed by atoms with van der Waals surface area (Å²) in [4.78, 5) is 50.9. The van der Waals surface area contributed by atoms with E-state index >= 15 is 0 Å². The molecule has 0 aliphatic carbocycles. The van der Waals surface area contributed by atoms with E-state index in [0.29, 0.717) is 59.6 Å². The van der Waals surface area contributed by atoms with E-state index in [1.54, 1.807) is 34.2 Å². The molecule has 3 aliphatic heterocycles. The van der Waals surface area contributed by atoms with Crippen LogP contribution in [0.1, 0.15) is 18.5 Å². The van der Waals surface area contributed by atoms with Gasteiger partial charge in [-0.05, 0) is 36.8 Å². The molecule has 188 valence electrons. The quantitative estimate of drug-likeness (QED) is 0.644. The second-order valence-corrected chi connectivity index (χ2v) is 9.71. The van der Waals surface area contributed by atoms with E-state index in [0.717, 1.165) is 5.82 Å². The van der Waals surface area contributed by atoms with Crippen LogP contribution in [-0.2, 0) is 9.59 Å². The Bertz CT molecular complexity index is 1230. The first-order valence-corrected chi connectivity index (χ1v) is 12.6. The second kappa shape index (κ2) is 9.99. The molecule has 1 saturated heterocycles. The largest absolute Gasteiger partial charge is 0.353 e.